The number of nitrogens with zero attached hydrogens (tertiary/aromatic N) is 3. The summed E-state index contributed by atoms with van der Waals surface area (Å²) in [6, 6.07) is 25.5. The summed E-state index contributed by atoms with van der Waals surface area (Å²) in [4.78, 5) is 0. The van der Waals surface area contributed by atoms with E-state index in [-0.39, 0.29) is 0 Å². The minimum atomic E-state index is 0.482. The Bertz CT molecular complexity index is 1180. The van der Waals surface area contributed by atoms with Crippen LogP contribution in [0.2, 0.25) is 0 Å². The molecule has 0 saturated heterocycles. The van der Waals surface area contributed by atoms with Crippen molar-refractivity contribution in [3.63, 3.8) is 0 Å². The molecule has 0 amide bonds. The highest BCUT2D eigenvalue weighted by Gasteiger charge is 1.98. The number of benzene rings is 3. The standard InChI is InChI=1S/C25H11N3/c26-16-21-7-1-19(2-8-21)5-11-23-13-24(15-25(14-23)18-28)12-6-20-3-9-22(17-27)10-4-20/h1-4,7-10,13-15H. The molecule has 0 bridgehead atoms. The van der Waals surface area contributed by atoms with Crippen LogP contribution in [0.4, 0.5) is 0 Å². The summed E-state index contributed by atoms with van der Waals surface area (Å²) >= 11 is 0. The third-order valence-electron chi connectivity index (χ3n) is 3.79. The summed E-state index contributed by atoms with van der Waals surface area (Å²) in [5, 5.41) is 26.9. The van der Waals surface area contributed by atoms with E-state index < -0.39 is 0 Å². The Hall–Kier alpha value is -4.75. The Morgan fingerprint density at radius 3 is 1.00 bits per heavy atom. The van der Waals surface area contributed by atoms with Crippen LogP contribution in [0.5, 0.6) is 0 Å². The van der Waals surface area contributed by atoms with Gasteiger partial charge in [-0.05, 0) is 66.7 Å². The van der Waals surface area contributed by atoms with Gasteiger partial charge in [0.2, 0.25) is 0 Å². The van der Waals surface area contributed by atoms with E-state index in [1.807, 2.05) is 6.07 Å². The first-order valence-corrected chi connectivity index (χ1v) is 8.30. The van der Waals surface area contributed by atoms with Gasteiger partial charge in [-0.1, -0.05) is 23.7 Å². The Morgan fingerprint density at radius 1 is 0.357 bits per heavy atom. The zero-order valence-corrected chi connectivity index (χ0v) is 14.7. The third-order valence-corrected chi connectivity index (χ3v) is 3.79. The van der Waals surface area contributed by atoms with Crippen LogP contribution in [0.15, 0.2) is 66.7 Å². The monoisotopic (exact) mass is 353 g/mol. The van der Waals surface area contributed by atoms with Crippen LogP contribution < -0.4 is 0 Å². The molecule has 0 atom stereocenters. The molecule has 0 aliphatic rings. The molecule has 0 fully saturated rings. The Labute approximate surface area is 163 Å². The molecular weight excluding hydrogens is 342 g/mol. The fourth-order valence-electron chi connectivity index (χ4n) is 2.38. The molecule has 3 nitrogen and oxygen atoms in total. The van der Waals surface area contributed by atoms with Gasteiger partial charge >= 0.3 is 0 Å². The van der Waals surface area contributed by atoms with Gasteiger partial charge in [0.25, 0.3) is 0 Å². The molecule has 28 heavy (non-hydrogen) atoms. The minimum Gasteiger partial charge on any atom is -0.192 e. The molecule has 0 N–H and O–H groups in total. The molecule has 3 rings (SSSR count). The molecule has 3 aromatic rings. The molecule has 0 spiro atoms. The molecule has 0 saturated carbocycles. The van der Waals surface area contributed by atoms with Crippen molar-refractivity contribution in [1.29, 1.82) is 15.8 Å². The van der Waals surface area contributed by atoms with Crippen molar-refractivity contribution in [3.05, 3.63) is 106 Å². The smallest absolute Gasteiger partial charge is 0.0992 e. The molecular formula is C25H11N3. The molecule has 0 radical (unpaired) electrons. The predicted molar refractivity (Wildman–Crippen MR) is 105 cm³/mol. The van der Waals surface area contributed by atoms with E-state index in [0.717, 1.165) is 11.1 Å². The van der Waals surface area contributed by atoms with Crippen LogP contribution >= 0.6 is 0 Å². The van der Waals surface area contributed by atoms with Crippen molar-refractivity contribution in [1.82, 2.24) is 0 Å². The topological polar surface area (TPSA) is 71.4 Å². The van der Waals surface area contributed by atoms with Crippen molar-refractivity contribution in [2.24, 2.45) is 0 Å². The lowest BCUT2D eigenvalue weighted by atomic mass is 10.1. The summed E-state index contributed by atoms with van der Waals surface area (Å²) in [6.07, 6.45) is 0. The normalized spacial score (nSPS) is 8.75. The van der Waals surface area contributed by atoms with Gasteiger partial charge in [-0.2, -0.15) is 15.8 Å². The second kappa shape index (κ2) is 8.56. The lowest BCUT2D eigenvalue weighted by Gasteiger charge is -1.96. The lowest BCUT2D eigenvalue weighted by molar-refractivity contribution is 1.46. The summed E-state index contributed by atoms with van der Waals surface area (Å²) in [7, 11) is 0. The molecule has 0 aliphatic heterocycles. The van der Waals surface area contributed by atoms with Crippen molar-refractivity contribution in [2.45, 2.75) is 0 Å². The Morgan fingerprint density at radius 2 is 0.643 bits per heavy atom. The van der Waals surface area contributed by atoms with Gasteiger partial charge in [-0.15, -0.1) is 0 Å². The van der Waals surface area contributed by atoms with E-state index in [0.29, 0.717) is 27.8 Å². The van der Waals surface area contributed by atoms with Crippen LogP contribution in [0.25, 0.3) is 0 Å². The fraction of sp³-hybridized carbons (Fsp3) is 0. The number of hydrogen-bond acceptors (Lipinski definition) is 3. The van der Waals surface area contributed by atoms with Crippen molar-refractivity contribution in [2.75, 3.05) is 0 Å². The molecule has 126 valence electrons. The molecule has 0 aromatic heterocycles. The van der Waals surface area contributed by atoms with E-state index in [9.17, 15) is 5.26 Å². The number of hydrogen-bond donors (Lipinski definition) is 0. The maximum atomic E-state index is 9.26. The van der Waals surface area contributed by atoms with Crippen LogP contribution in [0.3, 0.4) is 0 Å². The summed E-state index contributed by atoms with van der Waals surface area (Å²) < 4.78 is 0. The summed E-state index contributed by atoms with van der Waals surface area (Å²) in [5.74, 6) is 12.1. The maximum absolute atomic E-state index is 9.26. The predicted octanol–water partition coefficient (Wildman–Crippen LogP) is 4.10. The fourth-order valence-corrected chi connectivity index (χ4v) is 2.38. The van der Waals surface area contributed by atoms with Crippen LogP contribution in [0.1, 0.15) is 38.9 Å². The average molecular weight is 353 g/mol. The Kier molecular flexibility index (Phi) is 5.52. The van der Waals surface area contributed by atoms with Crippen molar-refractivity contribution >= 4 is 0 Å². The van der Waals surface area contributed by atoms with E-state index in [2.05, 4.69) is 41.9 Å². The lowest BCUT2D eigenvalue weighted by Crippen LogP contribution is -1.85. The second-order valence-corrected chi connectivity index (χ2v) is 5.79. The van der Waals surface area contributed by atoms with Gasteiger partial charge in [0.1, 0.15) is 0 Å². The first kappa shape index (κ1) is 18.1. The van der Waals surface area contributed by atoms with E-state index in [4.69, 9.17) is 10.5 Å². The van der Waals surface area contributed by atoms with Gasteiger partial charge in [-0.25, -0.2) is 0 Å². The largest absolute Gasteiger partial charge is 0.192 e. The summed E-state index contributed by atoms with van der Waals surface area (Å²) in [5.41, 5.74) is 4.59. The van der Waals surface area contributed by atoms with Crippen molar-refractivity contribution in [3.8, 4) is 41.9 Å². The highest BCUT2D eigenvalue weighted by Crippen LogP contribution is 2.10. The quantitative estimate of drug-likeness (QED) is 0.571. The average Bonchev–Trinajstić information content (AvgIpc) is 2.76. The first-order valence-electron chi connectivity index (χ1n) is 8.30. The first-order chi connectivity index (χ1) is 13.7. The Balaban J connectivity index is 1.90. The minimum absolute atomic E-state index is 0.482. The molecule has 0 heterocycles. The zero-order chi connectivity index (χ0) is 19.8. The van der Waals surface area contributed by atoms with Gasteiger partial charge in [0.05, 0.1) is 34.9 Å². The summed E-state index contributed by atoms with van der Waals surface area (Å²) in [6.45, 7) is 0. The zero-order valence-electron chi connectivity index (χ0n) is 14.7. The maximum Gasteiger partial charge on any atom is 0.0992 e. The third kappa shape index (κ3) is 4.66. The molecule has 0 unspecified atom stereocenters. The molecule has 3 heteroatoms. The van der Waals surface area contributed by atoms with E-state index in [1.165, 1.54) is 0 Å². The van der Waals surface area contributed by atoms with Crippen LogP contribution in [0, 0.1) is 57.7 Å². The van der Waals surface area contributed by atoms with Gasteiger partial charge in [0.15, 0.2) is 0 Å². The van der Waals surface area contributed by atoms with Gasteiger partial charge in [0, 0.05) is 22.3 Å². The highest BCUT2D eigenvalue weighted by molar-refractivity contribution is 5.53. The van der Waals surface area contributed by atoms with E-state index in [1.54, 1.807) is 60.7 Å². The van der Waals surface area contributed by atoms with Crippen LogP contribution in [-0.2, 0) is 0 Å². The second-order valence-electron chi connectivity index (χ2n) is 5.79. The van der Waals surface area contributed by atoms with Crippen molar-refractivity contribution < 1.29 is 0 Å². The number of nitriles is 3. The SMILES string of the molecule is N#Cc1ccc(C#Cc2cc(C#N)cc(C#Cc3ccc(C#N)cc3)c2)cc1. The van der Waals surface area contributed by atoms with E-state index >= 15 is 0 Å². The molecule has 3 aromatic carbocycles. The van der Waals surface area contributed by atoms with Gasteiger partial charge < -0.3 is 0 Å². The highest BCUT2D eigenvalue weighted by atomic mass is 14.2. The van der Waals surface area contributed by atoms with Gasteiger partial charge in [-0.3, -0.25) is 0 Å². The van der Waals surface area contributed by atoms with Crippen LogP contribution in [-0.4, -0.2) is 0 Å². The molecule has 0 aliphatic carbocycles. The number of rotatable bonds is 0.